The van der Waals surface area contributed by atoms with Gasteiger partial charge in [0.2, 0.25) is 0 Å². The standard InChI is InChI=1S/C43H84N2/c1-5-9-13-17-21-25-29-33-37-41-42(38-34-30-26-22-18-14-10-6-2)45(40-36-32-28-24-20-16-12-8-4)43(44-41)39-35-31-27-23-19-15-11-7-3/h5-40H2,1-4H3. The van der Waals surface area contributed by atoms with Gasteiger partial charge in [0.15, 0.2) is 0 Å². The van der Waals surface area contributed by atoms with E-state index >= 15 is 0 Å². The van der Waals surface area contributed by atoms with Gasteiger partial charge in [0.25, 0.3) is 0 Å². The lowest BCUT2D eigenvalue weighted by atomic mass is 10.0. The van der Waals surface area contributed by atoms with Crippen molar-refractivity contribution in [2.24, 2.45) is 0 Å². The molecule has 0 saturated heterocycles. The zero-order valence-electron chi connectivity index (χ0n) is 31.9. The molecule has 1 rings (SSSR count). The van der Waals surface area contributed by atoms with Crippen LogP contribution in [0, 0.1) is 0 Å². The van der Waals surface area contributed by atoms with E-state index in [2.05, 4.69) is 32.3 Å². The van der Waals surface area contributed by atoms with Crippen LogP contribution in [0.5, 0.6) is 0 Å². The molecule has 0 atom stereocenters. The molecule has 1 aromatic heterocycles. The van der Waals surface area contributed by atoms with Crippen molar-refractivity contribution in [1.29, 1.82) is 0 Å². The molecular weight excluding hydrogens is 544 g/mol. The normalized spacial score (nSPS) is 11.6. The van der Waals surface area contributed by atoms with Gasteiger partial charge in [-0.3, -0.25) is 0 Å². The molecule has 0 amide bonds. The Bertz CT molecular complexity index is 661. The highest BCUT2D eigenvalue weighted by molar-refractivity contribution is 5.19. The Labute approximate surface area is 285 Å². The molecule has 0 radical (unpaired) electrons. The monoisotopic (exact) mass is 629 g/mol. The maximum absolute atomic E-state index is 5.49. The third kappa shape index (κ3) is 24.1. The molecule has 1 heterocycles. The predicted molar refractivity (Wildman–Crippen MR) is 204 cm³/mol. The molecule has 45 heavy (non-hydrogen) atoms. The summed E-state index contributed by atoms with van der Waals surface area (Å²) in [7, 11) is 0. The molecular formula is C43H84N2. The minimum atomic E-state index is 1.20. The van der Waals surface area contributed by atoms with Gasteiger partial charge in [-0.2, -0.15) is 0 Å². The maximum Gasteiger partial charge on any atom is 0.109 e. The Hall–Kier alpha value is -0.790. The molecule has 0 aromatic carbocycles. The van der Waals surface area contributed by atoms with Crippen molar-refractivity contribution in [3.8, 4) is 0 Å². The molecule has 0 aliphatic rings. The van der Waals surface area contributed by atoms with Gasteiger partial charge in [-0.15, -0.1) is 0 Å². The molecule has 1 aromatic rings. The summed E-state index contributed by atoms with van der Waals surface area (Å²) in [5.41, 5.74) is 3.15. The van der Waals surface area contributed by atoms with E-state index in [-0.39, 0.29) is 0 Å². The quantitative estimate of drug-likeness (QED) is 0.0676. The lowest BCUT2D eigenvalue weighted by Gasteiger charge is -2.14. The smallest absolute Gasteiger partial charge is 0.109 e. The Morgan fingerprint density at radius 1 is 0.333 bits per heavy atom. The van der Waals surface area contributed by atoms with Gasteiger partial charge in [-0.1, -0.05) is 207 Å². The number of aryl methyl sites for hydroxylation is 2. The molecule has 266 valence electrons. The van der Waals surface area contributed by atoms with Crippen LogP contribution in [-0.4, -0.2) is 9.55 Å². The van der Waals surface area contributed by atoms with Gasteiger partial charge in [0.05, 0.1) is 5.69 Å². The number of hydrogen-bond donors (Lipinski definition) is 0. The Balaban J connectivity index is 2.79. The van der Waals surface area contributed by atoms with Crippen molar-refractivity contribution >= 4 is 0 Å². The van der Waals surface area contributed by atoms with E-state index in [9.17, 15) is 0 Å². The van der Waals surface area contributed by atoms with Crippen molar-refractivity contribution < 1.29 is 0 Å². The molecule has 2 heteroatoms. The van der Waals surface area contributed by atoms with Crippen LogP contribution < -0.4 is 0 Å². The predicted octanol–water partition coefficient (Wildman–Crippen LogP) is 15.1. The van der Waals surface area contributed by atoms with E-state index in [0.717, 1.165) is 0 Å². The van der Waals surface area contributed by atoms with Crippen LogP contribution in [0.15, 0.2) is 0 Å². The van der Waals surface area contributed by atoms with Crippen LogP contribution in [0.25, 0.3) is 0 Å². The molecule has 0 N–H and O–H groups in total. The first kappa shape index (κ1) is 42.2. The summed E-state index contributed by atoms with van der Waals surface area (Å²) in [4.78, 5) is 5.49. The van der Waals surface area contributed by atoms with Crippen LogP contribution in [0.2, 0.25) is 0 Å². The van der Waals surface area contributed by atoms with E-state index in [1.807, 2.05) is 0 Å². The van der Waals surface area contributed by atoms with E-state index in [4.69, 9.17) is 4.98 Å². The molecule has 0 bridgehead atoms. The van der Waals surface area contributed by atoms with Crippen LogP contribution in [-0.2, 0) is 25.8 Å². The highest BCUT2D eigenvalue weighted by Crippen LogP contribution is 2.23. The summed E-state index contributed by atoms with van der Waals surface area (Å²) in [5, 5.41) is 0. The average molecular weight is 629 g/mol. The zero-order chi connectivity index (χ0) is 32.5. The maximum atomic E-state index is 5.49. The second-order valence-electron chi connectivity index (χ2n) is 14.7. The third-order valence-corrected chi connectivity index (χ3v) is 10.3. The topological polar surface area (TPSA) is 17.8 Å². The van der Waals surface area contributed by atoms with E-state index in [1.165, 1.54) is 243 Å². The van der Waals surface area contributed by atoms with Crippen molar-refractivity contribution in [3.63, 3.8) is 0 Å². The number of unbranched alkanes of at least 4 members (excludes halogenated alkanes) is 28. The van der Waals surface area contributed by atoms with Gasteiger partial charge >= 0.3 is 0 Å². The highest BCUT2D eigenvalue weighted by Gasteiger charge is 2.17. The summed E-state index contributed by atoms with van der Waals surface area (Å²) in [6, 6.07) is 0. The van der Waals surface area contributed by atoms with E-state index in [1.54, 1.807) is 5.69 Å². The van der Waals surface area contributed by atoms with Crippen molar-refractivity contribution in [1.82, 2.24) is 9.55 Å². The third-order valence-electron chi connectivity index (χ3n) is 10.3. The first-order chi connectivity index (χ1) is 22.3. The fourth-order valence-corrected chi connectivity index (χ4v) is 7.20. The largest absolute Gasteiger partial charge is 0.332 e. The van der Waals surface area contributed by atoms with E-state index in [0.29, 0.717) is 0 Å². The number of rotatable bonds is 36. The van der Waals surface area contributed by atoms with Crippen molar-refractivity contribution in [2.45, 2.75) is 259 Å². The number of nitrogens with zero attached hydrogens (tertiary/aromatic N) is 2. The number of aromatic nitrogens is 2. The van der Waals surface area contributed by atoms with Gasteiger partial charge in [0, 0.05) is 18.7 Å². The van der Waals surface area contributed by atoms with Gasteiger partial charge in [0.1, 0.15) is 5.82 Å². The zero-order valence-corrected chi connectivity index (χ0v) is 31.9. The number of hydrogen-bond acceptors (Lipinski definition) is 1. The Kier molecular flexibility index (Phi) is 31.1. The van der Waals surface area contributed by atoms with E-state index < -0.39 is 0 Å². The van der Waals surface area contributed by atoms with Crippen LogP contribution in [0.3, 0.4) is 0 Å². The molecule has 0 unspecified atom stereocenters. The summed E-state index contributed by atoms with van der Waals surface area (Å²) >= 11 is 0. The number of imidazole rings is 1. The molecule has 0 aliphatic carbocycles. The van der Waals surface area contributed by atoms with Gasteiger partial charge in [-0.25, -0.2) is 4.98 Å². The van der Waals surface area contributed by atoms with Gasteiger partial charge < -0.3 is 4.57 Å². The fraction of sp³-hybridized carbons (Fsp3) is 0.930. The lowest BCUT2D eigenvalue weighted by molar-refractivity contribution is 0.512. The Morgan fingerprint density at radius 3 is 1.04 bits per heavy atom. The minimum Gasteiger partial charge on any atom is -0.332 e. The molecule has 2 nitrogen and oxygen atoms in total. The summed E-state index contributed by atoms with van der Waals surface area (Å²) in [6.45, 7) is 10.5. The first-order valence-electron chi connectivity index (χ1n) is 21.3. The lowest BCUT2D eigenvalue weighted by Crippen LogP contribution is -2.09. The summed E-state index contributed by atoms with van der Waals surface area (Å²) in [5.74, 6) is 1.45. The molecule has 0 saturated carbocycles. The van der Waals surface area contributed by atoms with Crippen molar-refractivity contribution in [3.05, 3.63) is 17.2 Å². The molecule has 0 aliphatic heterocycles. The molecule has 0 spiro atoms. The average Bonchev–Trinajstić information content (AvgIpc) is 3.37. The fourth-order valence-electron chi connectivity index (χ4n) is 7.20. The highest BCUT2D eigenvalue weighted by atomic mass is 15.1. The molecule has 0 fully saturated rings. The SMILES string of the molecule is CCCCCCCCCCc1nc(CCCCCCCCCC)n(CCCCCCCCCC)c1CCCCCCCCCC. The summed E-state index contributed by atoms with van der Waals surface area (Å²) < 4.78 is 2.78. The van der Waals surface area contributed by atoms with Crippen LogP contribution in [0.1, 0.15) is 250 Å². The van der Waals surface area contributed by atoms with Crippen molar-refractivity contribution in [2.75, 3.05) is 0 Å². The summed E-state index contributed by atoms with van der Waals surface area (Å²) in [6.07, 6.45) is 48.6. The van der Waals surface area contributed by atoms with Crippen LogP contribution in [0.4, 0.5) is 0 Å². The van der Waals surface area contributed by atoms with Gasteiger partial charge in [-0.05, 0) is 38.5 Å². The second-order valence-corrected chi connectivity index (χ2v) is 14.7. The Morgan fingerprint density at radius 2 is 0.644 bits per heavy atom. The second kappa shape index (κ2) is 33.1. The van der Waals surface area contributed by atoms with Crippen LogP contribution >= 0.6 is 0 Å². The minimum absolute atomic E-state index is 1.20. The first-order valence-corrected chi connectivity index (χ1v) is 21.3.